The molecule has 1 aromatic heterocycles. The van der Waals surface area contributed by atoms with Gasteiger partial charge in [0.25, 0.3) is 0 Å². The van der Waals surface area contributed by atoms with Crippen LogP contribution in [0.15, 0.2) is 42.5 Å². The van der Waals surface area contributed by atoms with Gasteiger partial charge in [0.2, 0.25) is 5.88 Å². The minimum absolute atomic E-state index is 0.299. The van der Waals surface area contributed by atoms with Gasteiger partial charge in [-0.25, -0.2) is 4.98 Å². The molecule has 0 aliphatic carbocycles. The number of ether oxygens (including phenoxy) is 1. The molecule has 0 fully saturated rings. The van der Waals surface area contributed by atoms with Crippen molar-refractivity contribution in [1.82, 2.24) is 10.3 Å². The van der Waals surface area contributed by atoms with Gasteiger partial charge in [0.1, 0.15) is 0 Å². The third kappa shape index (κ3) is 3.80. The summed E-state index contributed by atoms with van der Waals surface area (Å²) in [7, 11) is 1.63. The van der Waals surface area contributed by atoms with Gasteiger partial charge < -0.3 is 10.1 Å². The van der Waals surface area contributed by atoms with Crippen molar-refractivity contribution in [2.45, 2.75) is 26.4 Å². The molecule has 0 saturated heterocycles. The Bertz CT molecular complexity index is 540. The fraction of sp³-hybridized carbons (Fsp3) is 0.312. The largest absolute Gasteiger partial charge is 0.481 e. The first-order valence-corrected chi connectivity index (χ1v) is 6.49. The highest BCUT2D eigenvalue weighted by molar-refractivity contribution is 5.24. The number of hydrogen-bond donors (Lipinski definition) is 1. The molecular formula is C16H20N2O. The maximum atomic E-state index is 5.12. The number of methoxy groups -OCH3 is 1. The SMILES string of the molecule is COc1cccc(CN[C@@H](C)c2cccc(C)c2)n1. The number of nitrogens with one attached hydrogen (secondary N) is 1. The minimum Gasteiger partial charge on any atom is -0.481 e. The summed E-state index contributed by atoms with van der Waals surface area (Å²) in [6.45, 7) is 5.00. The average molecular weight is 256 g/mol. The molecular weight excluding hydrogens is 236 g/mol. The van der Waals surface area contributed by atoms with Crippen LogP contribution in [-0.2, 0) is 6.54 Å². The Balaban J connectivity index is 1.98. The lowest BCUT2D eigenvalue weighted by Crippen LogP contribution is -2.18. The summed E-state index contributed by atoms with van der Waals surface area (Å²) in [6, 6.07) is 14.7. The van der Waals surface area contributed by atoms with Crippen molar-refractivity contribution in [2.75, 3.05) is 7.11 Å². The molecule has 0 aliphatic heterocycles. The fourth-order valence-corrected chi connectivity index (χ4v) is 1.98. The number of pyridine rings is 1. The second kappa shape index (κ2) is 6.34. The van der Waals surface area contributed by atoms with E-state index < -0.39 is 0 Å². The van der Waals surface area contributed by atoms with Crippen LogP contribution in [0, 0.1) is 6.92 Å². The zero-order chi connectivity index (χ0) is 13.7. The van der Waals surface area contributed by atoms with Gasteiger partial charge in [-0.3, -0.25) is 0 Å². The number of aromatic nitrogens is 1. The highest BCUT2D eigenvalue weighted by Gasteiger charge is 2.05. The van der Waals surface area contributed by atoms with Crippen LogP contribution >= 0.6 is 0 Å². The quantitative estimate of drug-likeness (QED) is 0.891. The monoisotopic (exact) mass is 256 g/mol. The van der Waals surface area contributed by atoms with Crippen LogP contribution < -0.4 is 10.1 Å². The molecule has 0 radical (unpaired) electrons. The Morgan fingerprint density at radius 1 is 1.21 bits per heavy atom. The van der Waals surface area contributed by atoms with E-state index in [1.165, 1.54) is 11.1 Å². The number of hydrogen-bond acceptors (Lipinski definition) is 3. The molecule has 3 nitrogen and oxygen atoms in total. The van der Waals surface area contributed by atoms with E-state index in [1.54, 1.807) is 7.11 Å². The van der Waals surface area contributed by atoms with E-state index in [9.17, 15) is 0 Å². The van der Waals surface area contributed by atoms with Crippen molar-refractivity contribution in [3.05, 3.63) is 59.3 Å². The maximum absolute atomic E-state index is 5.12. The molecule has 1 heterocycles. The lowest BCUT2D eigenvalue weighted by Gasteiger charge is -2.14. The number of benzene rings is 1. The minimum atomic E-state index is 0.299. The highest BCUT2D eigenvalue weighted by Crippen LogP contribution is 2.14. The fourth-order valence-electron chi connectivity index (χ4n) is 1.98. The lowest BCUT2D eigenvalue weighted by molar-refractivity contribution is 0.395. The average Bonchev–Trinajstić information content (AvgIpc) is 2.45. The highest BCUT2D eigenvalue weighted by atomic mass is 16.5. The zero-order valence-corrected chi connectivity index (χ0v) is 11.7. The smallest absolute Gasteiger partial charge is 0.213 e. The predicted molar refractivity (Wildman–Crippen MR) is 77.2 cm³/mol. The van der Waals surface area contributed by atoms with Crippen molar-refractivity contribution < 1.29 is 4.74 Å². The molecule has 3 heteroatoms. The van der Waals surface area contributed by atoms with E-state index in [-0.39, 0.29) is 0 Å². The summed E-state index contributed by atoms with van der Waals surface area (Å²) in [4.78, 5) is 4.39. The zero-order valence-electron chi connectivity index (χ0n) is 11.7. The van der Waals surface area contributed by atoms with Gasteiger partial charge in [0, 0.05) is 18.7 Å². The molecule has 1 aromatic carbocycles. The van der Waals surface area contributed by atoms with E-state index in [1.807, 2.05) is 18.2 Å². The molecule has 0 aliphatic rings. The molecule has 2 rings (SSSR count). The molecule has 0 unspecified atom stereocenters. The summed E-state index contributed by atoms with van der Waals surface area (Å²) in [6.07, 6.45) is 0. The normalized spacial score (nSPS) is 12.2. The van der Waals surface area contributed by atoms with E-state index in [2.05, 4.69) is 48.4 Å². The van der Waals surface area contributed by atoms with E-state index in [0.717, 1.165) is 12.2 Å². The molecule has 0 saturated carbocycles. The maximum Gasteiger partial charge on any atom is 0.213 e. The van der Waals surface area contributed by atoms with Crippen molar-refractivity contribution in [1.29, 1.82) is 0 Å². The van der Waals surface area contributed by atoms with Gasteiger partial charge in [-0.2, -0.15) is 0 Å². The summed E-state index contributed by atoms with van der Waals surface area (Å²) < 4.78 is 5.12. The predicted octanol–water partition coefficient (Wildman–Crippen LogP) is 3.25. The van der Waals surface area contributed by atoms with Gasteiger partial charge in [-0.1, -0.05) is 35.9 Å². The van der Waals surface area contributed by atoms with Gasteiger partial charge in [0.15, 0.2) is 0 Å². The summed E-state index contributed by atoms with van der Waals surface area (Å²) in [5.41, 5.74) is 3.56. The summed E-state index contributed by atoms with van der Waals surface area (Å²) >= 11 is 0. The van der Waals surface area contributed by atoms with Gasteiger partial charge in [0.05, 0.1) is 12.8 Å². The summed E-state index contributed by atoms with van der Waals surface area (Å²) in [5, 5.41) is 3.48. The Morgan fingerprint density at radius 3 is 2.74 bits per heavy atom. The van der Waals surface area contributed by atoms with Crippen molar-refractivity contribution in [3.63, 3.8) is 0 Å². The second-order valence-corrected chi connectivity index (χ2v) is 4.69. The number of aryl methyl sites for hydroxylation is 1. The first-order chi connectivity index (χ1) is 9.19. The van der Waals surface area contributed by atoms with Crippen LogP contribution in [0.25, 0.3) is 0 Å². The Labute approximate surface area is 114 Å². The van der Waals surface area contributed by atoms with E-state index >= 15 is 0 Å². The standard InChI is InChI=1S/C16H20N2O/c1-12-6-4-7-14(10-12)13(2)17-11-15-8-5-9-16(18-15)19-3/h4-10,13,17H,11H2,1-3H3/t13-/m0/s1. The Morgan fingerprint density at radius 2 is 2.00 bits per heavy atom. The van der Waals surface area contributed by atoms with E-state index in [0.29, 0.717) is 11.9 Å². The lowest BCUT2D eigenvalue weighted by atomic mass is 10.1. The Hall–Kier alpha value is -1.87. The number of nitrogens with zero attached hydrogens (tertiary/aromatic N) is 1. The molecule has 1 atom stereocenters. The van der Waals surface area contributed by atoms with Gasteiger partial charge in [-0.05, 0) is 25.5 Å². The number of rotatable bonds is 5. The first-order valence-electron chi connectivity index (χ1n) is 6.49. The third-order valence-electron chi connectivity index (χ3n) is 3.12. The van der Waals surface area contributed by atoms with Crippen molar-refractivity contribution in [3.8, 4) is 5.88 Å². The van der Waals surface area contributed by atoms with Gasteiger partial charge in [-0.15, -0.1) is 0 Å². The topological polar surface area (TPSA) is 34.1 Å². The molecule has 19 heavy (non-hydrogen) atoms. The molecule has 0 bridgehead atoms. The second-order valence-electron chi connectivity index (χ2n) is 4.69. The van der Waals surface area contributed by atoms with Crippen LogP contribution in [0.2, 0.25) is 0 Å². The first kappa shape index (κ1) is 13.6. The molecule has 1 N–H and O–H groups in total. The van der Waals surface area contributed by atoms with Gasteiger partial charge >= 0.3 is 0 Å². The Kier molecular flexibility index (Phi) is 4.53. The third-order valence-corrected chi connectivity index (χ3v) is 3.12. The van der Waals surface area contributed by atoms with Crippen LogP contribution in [0.4, 0.5) is 0 Å². The molecule has 0 amide bonds. The van der Waals surface area contributed by atoms with Crippen molar-refractivity contribution in [2.24, 2.45) is 0 Å². The molecule has 100 valence electrons. The molecule has 0 spiro atoms. The van der Waals surface area contributed by atoms with Crippen LogP contribution in [0.5, 0.6) is 5.88 Å². The molecule has 2 aromatic rings. The van der Waals surface area contributed by atoms with Crippen LogP contribution in [0.1, 0.15) is 29.8 Å². The van der Waals surface area contributed by atoms with Crippen LogP contribution in [-0.4, -0.2) is 12.1 Å². The van der Waals surface area contributed by atoms with Crippen molar-refractivity contribution >= 4 is 0 Å². The van der Waals surface area contributed by atoms with Crippen LogP contribution in [0.3, 0.4) is 0 Å². The van der Waals surface area contributed by atoms with E-state index in [4.69, 9.17) is 4.74 Å². The summed E-state index contributed by atoms with van der Waals surface area (Å²) in [5.74, 6) is 0.655.